The van der Waals surface area contributed by atoms with Crippen molar-refractivity contribution in [2.75, 3.05) is 78.5 Å². The molecule has 8 fully saturated rings. The van der Waals surface area contributed by atoms with E-state index >= 15 is 0 Å². The molecule has 7 amide bonds. The number of anilines is 2. The lowest BCUT2D eigenvalue weighted by molar-refractivity contribution is -0.150. The van der Waals surface area contributed by atoms with E-state index in [2.05, 4.69) is 124 Å². The number of nitrogens with two attached hydrogens (primary N) is 1. The molecule has 12 aliphatic rings. The number of alkyl carbamates (subject to hydrolysis) is 2. The number of aryl methyl sites for hydroxylation is 2. The summed E-state index contributed by atoms with van der Waals surface area (Å²) in [5.74, 6) is -3.10. The molecule has 8 N–H and O–H groups in total. The zero-order valence-electron chi connectivity index (χ0n) is 72.5. The Morgan fingerprint density at radius 2 is 0.933 bits per heavy atom. The second kappa shape index (κ2) is 34.1. The van der Waals surface area contributed by atoms with Gasteiger partial charge in [-0.3, -0.25) is 33.4 Å². The highest BCUT2D eigenvalue weighted by atomic mass is 32.2. The average molecular weight is 1690 g/mol. The first-order valence-electron chi connectivity index (χ1n) is 42.5. The molecule has 0 unspecified atom stereocenters. The summed E-state index contributed by atoms with van der Waals surface area (Å²) in [5.41, 5.74) is 10.1. The standard InChI is InChI=1S/C45H63N5O8S.C35H49N3O6.C10H16N2O3S/c1-42(2,3)37-39(52)50-26-44(57-8,25-36(50)38(51)47-45(24-35(45)29-12-13-29)40(53)48-59(55,56)33-19-20-33)31-16-14-28(15-17-31)34-21-18-32(49(6)7)23-30(34)11-9-10-22-43(4,5)27-58-41(54)46-37;1-33(2,3)29-30(39)38-21-35(43-8,20-28(38)31(40)41)25-14-12-23(13-15-25)27-17-16-26(37(6)7)19-24(27)11-9-10-18-34(4,5)22-44-32(42)36-29;11-10(5-8(10)6-1-2-6)9(13)12-16(14,15)7-3-4-7/h14-18,21,23,29,33,35-37H,9-13,19-20,22,24-27H2,1-8H3,(H,46,54)(H,47,51)(H,48,53);12-17,19,28-29H,9-11,18,20-22H2,1-8H3,(H,36,42)(H,40,41);6-8H,1-5,11H2,(H,12,13)/t35-,36-,37+,44-,45+;28-,29+,35-;8-,10+/m000/s1. The molecular weight excluding hydrogens is 1560 g/mol. The van der Waals surface area contributed by atoms with E-state index in [1.165, 1.54) is 20.9 Å². The molecule has 27 nitrogen and oxygen atoms in total. The van der Waals surface area contributed by atoms with Crippen molar-refractivity contribution < 1.29 is 79.2 Å². The van der Waals surface area contributed by atoms with Crippen molar-refractivity contribution in [2.24, 2.45) is 51.1 Å². The van der Waals surface area contributed by atoms with E-state index in [1.54, 1.807) is 14.2 Å². The number of carboxylic acid groups (broad SMARTS) is 1. The van der Waals surface area contributed by atoms with E-state index < -0.39 is 130 Å². The van der Waals surface area contributed by atoms with Crippen LogP contribution in [0.1, 0.15) is 207 Å². The summed E-state index contributed by atoms with van der Waals surface area (Å²) in [6.07, 6.45) is 13.4. The molecule has 4 aromatic rings. The van der Waals surface area contributed by atoms with Gasteiger partial charge in [0.05, 0.1) is 42.3 Å². The fraction of sp³-hybridized carbons (Fsp3) is 0.644. The molecule has 0 spiro atoms. The highest BCUT2D eigenvalue weighted by Gasteiger charge is 2.68. The van der Waals surface area contributed by atoms with Crippen molar-refractivity contribution in [2.45, 2.75) is 255 Å². The van der Waals surface area contributed by atoms with Crippen LogP contribution in [0.5, 0.6) is 0 Å². The van der Waals surface area contributed by atoms with Gasteiger partial charge in [0, 0.05) is 66.6 Å². The second-order valence-corrected chi connectivity index (χ2v) is 43.6. The number of hydrogen-bond acceptors (Lipinski definition) is 19. The monoisotopic (exact) mass is 1680 g/mol. The van der Waals surface area contributed by atoms with Crippen molar-refractivity contribution in [1.29, 1.82) is 0 Å². The molecule has 8 bridgehead atoms. The van der Waals surface area contributed by atoms with Crippen LogP contribution in [-0.2, 0) is 91.8 Å². The summed E-state index contributed by atoms with van der Waals surface area (Å²) in [7, 11) is 3.94. The first-order valence-corrected chi connectivity index (χ1v) is 45.6. The van der Waals surface area contributed by atoms with Crippen LogP contribution in [0.2, 0.25) is 0 Å². The van der Waals surface area contributed by atoms with Crippen LogP contribution in [0.25, 0.3) is 22.3 Å². The van der Waals surface area contributed by atoms with Gasteiger partial charge in [0.15, 0.2) is 0 Å². The Kier molecular flexibility index (Phi) is 25.8. The quantitative estimate of drug-likeness (QED) is 0.0581. The van der Waals surface area contributed by atoms with Crippen LogP contribution in [0, 0.1) is 45.3 Å². The maximum Gasteiger partial charge on any atom is 0.407 e. The Morgan fingerprint density at radius 1 is 0.538 bits per heavy atom. The summed E-state index contributed by atoms with van der Waals surface area (Å²) >= 11 is 0. The lowest BCUT2D eigenvalue weighted by Crippen LogP contribution is -2.60. The van der Waals surface area contributed by atoms with Crippen LogP contribution in [-0.4, -0.2) is 194 Å². The number of methoxy groups -OCH3 is 2. The number of aliphatic carboxylic acids is 1. The van der Waals surface area contributed by atoms with Gasteiger partial charge in [-0.1, -0.05) is 143 Å². The second-order valence-electron chi connectivity index (χ2n) is 39.7. The van der Waals surface area contributed by atoms with Crippen LogP contribution >= 0.6 is 0 Å². The Balaban J connectivity index is 0.000000188. The van der Waals surface area contributed by atoms with Gasteiger partial charge in [0.2, 0.25) is 37.8 Å². The highest BCUT2D eigenvalue weighted by molar-refractivity contribution is 7.91. The third kappa shape index (κ3) is 20.5. The topological polar surface area (TPSA) is 361 Å². The number of nitrogens with one attached hydrogen (secondary N) is 5. The number of ether oxygens (including phenoxy) is 4. The van der Waals surface area contributed by atoms with Crippen LogP contribution in [0.3, 0.4) is 0 Å². The van der Waals surface area contributed by atoms with Gasteiger partial charge >= 0.3 is 18.2 Å². The van der Waals surface area contributed by atoms with E-state index in [0.717, 1.165) is 122 Å². The summed E-state index contributed by atoms with van der Waals surface area (Å²) in [6.45, 7) is 19.7. The Morgan fingerprint density at radius 3 is 1.31 bits per heavy atom. The summed E-state index contributed by atoms with van der Waals surface area (Å²) in [5, 5.41) is 17.9. The fourth-order valence-corrected chi connectivity index (χ4v) is 20.5. The van der Waals surface area contributed by atoms with Crippen LogP contribution < -0.4 is 40.9 Å². The van der Waals surface area contributed by atoms with Crippen molar-refractivity contribution in [3.8, 4) is 22.3 Å². The van der Waals surface area contributed by atoms with Gasteiger partial charge in [-0.2, -0.15) is 0 Å². The Hall–Kier alpha value is -8.38. The van der Waals surface area contributed by atoms with Crippen molar-refractivity contribution in [3.05, 3.63) is 107 Å². The number of rotatable bonds is 15. The number of carbonyl (C=O) groups is 8. The third-order valence-electron chi connectivity index (χ3n) is 26.3. The average Bonchev–Trinajstić information content (AvgIpc) is 1.55. The zero-order chi connectivity index (χ0) is 86.7. The van der Waals surface area contributed by atoms with Crippen molar-refractivity contribution >= 4 is 79.1 Å². The number of hydrogen-bond donors (Lipinski definition) is 7. The molecule has 2 saturated heterocycles. The SMILES string of the molecule is CO[C@@]12C[C@@H](C(=O)N[C@]3(C(=O)NS(=O)(=O)C4CC4)C[C@H]3C3CC3)N(C1)C(=O)[C@H](C(C)(C)C)NC(=O)OCC(C)(C)CCCCc1cc(N(C)C)ccc1-c1ccc2cc1.CO[C@@]12C[C@@H](C(=O)O)N(C1)C(=O)[C@H](C(C)(C)C)NC(=O)OCC(C)(C)CCCCc1cc(N(C)C)ccc1-c1ccc2cc1.N[C@]1(C(=O)NS(=O)(=O)C2CC2)C[C@H]1C1CC1. The van der Waals surface area contributed by atoms with Gasteiger partial charge in [0.1, 0.15) is 40.9 Å². The maximum atomic E-state index is 15.0. The maximum absolute atomic E-state index is 15.0. The Labute approximate surface area is 703 Å². The molecular formula is C90H128N10O17S2. The van der Waals surface area contributed by atoms with E-state index in [4.69, 9.17) is 24.7 Å². The molecule has 6 aliphatic heterocycles. The molecule has 6 saturated carbocycles. The number of nitrogens with zero attached hydrogens (tertiary/aromatic N) is 4. The highest BCUT2D eigenvalue weighted by Crippen LogP contribution is 2.59. The molecule has 10 atom stereocenters. The predicted octanol–water partition coefficient (Wildman–Crippen LogP) is 11.2. The van der Waals surface area contributed by atoms with Gasteiger partial charge in [-0.25, -0.2) is 31.2 Å². The van der Waals surface area contributed by atoms with E-state index in [9.17, 15) is 60.3 Å². The molecule has 16 rings (SSSR count). The molecule has 0 aromatic heterocycles. The lowest BCUT2D eigenvalue weighted by Gasteiger charge is -2.36. The zero-order valence-corrected chi connectivity index (χ0v) is 74.1. The summed E-state index contributed by atoms with van der Waals surface area (Å²) in [4.78, 5) is 116. The van der Waals surface area contributed by atoms with E-state index in [0.29, 0.717) is 44.4 Å². The number of carbonyl (C=O) groups excluding carboxylic acids is 7. The molecule has 4 aromatic carbocycles. The molecule has 6 heterocycles. The molecule has 652 valence electrons. The molecule has 119 heavy (non-hydrogen) atoms. The predicted molar refractivity (Wildman–Crippen MR) is 455 cm³/mol. The lowest BCUT2D eigenvalue weighted by atomic mass is 9.85. The first kappa shape index (κ1) is 89.9. The number of sulfonamides is 2. The minimum atomic E-state index is -3.87. The van der Waals surface area contributed by atoms with Gasteiger partial charge in [0.25, 0.3) is 11.8 Å². The van der Waals surface area contributed by atoms with Gasteiger partial charge in [-0.05, 0) is 217 Å². The minimum Gasteiger partial charge on any atom is -0.480 e. The normalized spacial score (nSPS) is 28.5. The number of benzene rings is 4. The number of carboxylic acids is 1. The number of fused-ring (bicyclic) bond motifs is 24. The smallest absolute Gasteiger partial charge is 0.407 e. The molecule has 6 aliphatic carbocycles. The van der Waals surface area contributed by atoms with Gasteiger partial charge in [-0.15, -0.1) is 0 Å². The fourth-order valence-electron chi connectivity index (χ4n) is 17.8. The van der Waals surface area contributed by atoms with Crippen molar-refractivity contribution in [3.63, 3.8) is 0 Å². The van der Waals surface area contributed by atoms with E-state index in [-0.39, 0.29) is 73.0 Å². The summed E-state index contributed by atoms with van der Waals surface area (Å²) < 4.78 is 77.3. The minimum absolute atomic E-state index is 0.0137. The molecule has 0 radical (unpaired) electrons. The van der Waals surface area contributed by atoms with E-state index in [1.807, 2.05) is 94.0 Å². The van der Waals surface area contributed by atoms with Gasteiger partial charge < -0.3 is 65.3 Å². The third-order valence-corrected chi connectivity index (χ3v) is 29.9. The summed E-state index contributed by atoms with van der Waals surface area (Å²) in [6, 6.07) is 24.9. The number of amides is 7. The Bertz CT molecular complexity index is 4720. The van der Waals surface area contributed by atoms with Crippen molar-refractivity contribution in [1.82, 2.24) is 35.2 Å². The van der Waals surface area contributed by atoms with Crippen LogP contribution in [0.4, 0.5) is 21.0 Å². The van der Waals surface area contributed by atoms with Crippen LogP contribution in [0.15, 0.2) is 84.9 Å². The molecule has 29 heteroatoms. The largest absolute Gasteiger partial charge is 0.480 e. The first-order chi connectivity index (χ1) is 55.7.